The average molecular weight is 342 g/mol. The predicted molar refractivity (Wildman–Crippen MR) is 82.1 cm³/mol. The molecule has 6 nitrogen and oxygen atoms in total. The molecule has 1 aliphatic heterocycles. The van der Waals surface area contributed by atoms with Crippen molar-refractivity contribution in [3.8, 4) is 5.75 Å². The van der Waals surface area contributed by atoms with E-state index in [1.54, 1.807) is 17.0 Å². The topological polar surface area (TPSA) is 59.1 Å². The van der Waals surface area contributed by atoms with Crippen LogP contribution < -0.4 is 4.74 Å². The van der Waals surface area contributed by atoms with Crippen LogP contribution in [0, 0.1) is 0 Å². The number of ether oxygens (including phenoxy) is 2. The fourth-order valence-electron chi connectivity index (χ4n) is 2.54. The Hall–Kier alpha value is -2.22. The monoisotopic (exact) mass is 342 g/mol. The summed E-state index contributed by atoms with van der Waals surface area (Å²) >= 11 is 0. The Balaban J connectivity index is 1.92. The van der Waals surface area contributed by atoms with Gasteiger partial charge in [-0.05, 0) is 12.1 Å². The average Bonchev–Trinajstić information content (AvgIpc) is 2.59. The van der Waals surface area contributed by atoms with Gasteiger partial charge < -0.3 is 14.4 Å². The third-order valence-electron chi connectivity index (χ3n) is 3.85. The highest BCUT2D eigenvalue weighted by molar-refractivity contribution is 5.97. The fraction of sp³-hybridized carbons (Fsp3) is 0.500. The van der Waals surface area contributed by atoms with E-state index < -0.39 is 6.61 Å². The van der Waals surface area contributed by atoms with Gasteiger partial charge in [-0.2, -0.15) is 8.78 Å². The molecule has 0 atom stereocenters. The van der Waals surface area contributed by atoms with Gasteiger partial charge in [0.2, 0.25) is 0 Å². The number of hydrogen-bond donors (Lipinski definition) is 0. The van der Waals surface area contributed by atoms with Gasteiger partial charge in [-0.1, -0.05) is 12.1 Å². The van der Waals surface area contributed by atoms with E-state index in [2.05, 4.69) is 14.4 Å². The van der Waals surface area contributed by atoms with Crippen LogP contribution in [0.15, 0.2) is 24.3 Å². The molecule has 0 aromatic heterocycles. The summed E-state index contributed by atoms with van der Waals surface area (Å²) in [4.78, 5) is 27.3. The van der Waals surface area contributed by atoms with Crippen LogP contribution in [0.5, 0.6) is 5.75 Å². The number of esters is 1. The molecule has 0 unspecified atom stereocenters. The van der Waals surface area contributed by atoms with Crippen LogP contribution in [-0.2, 0) is 9.53 Å². The quantitative estimate of drug-likeness (QED) is 0.735. The van der Waals surface area contributed by atoms with E-state index in [-0.39, 0.29) is 23.2 Å². The van der Waals surface area contributed by atoms with E-state index in [1.165, 1.54) is 19.2 Å². The van der Waals surface area contributed by atoms with Crippen molar-refractivity contribution in [3.05, 3.63) is 29.8 Å². The maximum atomic E-state index is 12.5. The summed E-state index contributed by atoms with van der Waals surface area (Å²) in [5.74, 6) is -0.726. The maximum Gasteiger partial charge on any atom is 0.387 e. The molecule has 1 aromatic carbocycles. The second kappa shape index (κ2) is 8.58. The molecule has 1 amide bonds. The molecular formula is C16H20F2N2O4. The van der Waals surface area contributed by atoms with Crippen molar-refractivity contribution >= 4 is 11.9 Å². The van der Waals surface area contributed by atoms with Crippen LogP contribution in [-0.4, -0.2) is 68.1 Å². The van der Waals surface area contributed by atoms with Gasteiger partial charge >= 0.3 is 12.6 Å². The summed E-state index contributed by atoms with van der Waals surface area (Å²) < 4.78 is 33.9. The molecule has 0 saturated carbocycles. The molecule has 132 valence electrons. The first-order valence-electron chi connectivity index (χ1n) is 7.63. The number of benzene rings is 1. The lowest BCUT2D eigenvalue weighted by atomic mass is 10.1. The molecule has 0 spiro atoms. The Morgan fingerprint density at radius 2 is 1.83 bits per heavy atom. The zero-order valence-corrected chi connectivity index (χ0v) is 13.4. The smallest absolute Gasteiger partial charge is 0.387 e. The number of methoxy groups -OCH3 is 1. The number of para-hydroxylation sites is 1. The Morgan fingerprint density at radius 1 is 1.17 bits per heavy atom. The van der Waals surface area contributed by atoms with E-state index in [0.29, 0.717) is 39.1 Å². The minimum Gasteiger partial charge on any atom is -0.469 e. The predicted octanol–water partition coefficient (Wildman–Crippen LogP) is 1.61. The molecule has 1 aliphatic rings. The zero-order chi connectivity index (χ0) is 17.5. The van der Waals surface area contributed by atoms with E-state index in [4.69, 9.17) is 0 Å². The van der Waals surface area contributed by atoms with E-state index >= 15 is 0 Å². The van der Waals surface area contributed by atoms with Crippen LogP contribution >= 0.6 is 0 Å². The molecular weight excluding hydrogens is 322 g/mol. The number of alkyl halides is 2. The fourth-order valence-corrected chi connectivity index (χ4v) is 2.54. The van der Waals surface area contributed by atoms with E-state index in [1.807, 2.05) is 0 Å². The standard InChI is InChI=1S/C16H20F2N2O4/c1-23-14(21)6-7-19-8-10-20(11-9-19)15(22)12-4-2-3-5-13(12)24-16(17)18/h2-5,16H,6-11H2,1H3. The molecule has 0 bridgehead atoms. The van der Waals surface area contributed by atoms with Crippen molar-refractivity contribution in [2.75, 3.05) is 39.8 Å². The van der Waals surface area contributed by atoms with Crippen molar-refractivity contribution in [1.82, 2.24) is 9.80 Å². The van der Waals surface area contributed by atoms with Gasteiger partial charge in [0, 0.05) is 32.7 Å². The van der Waals surface area contributed by atoms with Gasteiger partial charge in [-0.15, -0.1) is 0 Å². The summed E-state index contributed by atoms with van der Waals surface area (Å²) in [6.07, 6.45) is 0.301. The first-order valence-corrected chi connectivity index (χ1v) is 7.63. The molecule has 0 N–H and O–H groups in total. The number of carbonyl (C=O) groups excluding carboxylic acids is 2. The first-order chi connectivity index (χ1) is 11.5. The highest BCUT2D eigenvalue weighted by atomic mass is 19.3. The van der Waals surface area contributed by atoms with Crippen molar-refractivity contribution in [2.45, 2.75) is 13.0 Å². The van der Waals surface area contributed by atoms with Crippen LogP contribution in [0.1, 0.15) is 16.8 Å². The van der Waals surface area contributed by atoms with Gasteiger partial charge in [-0.25, -0.2) is 0 Å². The van der Waals surface area contributed by atoms with Crippen LogP contribution in [0.4, 0.5) is 8.78 Å². The summed E-state index contributed by atoms with van der Waals surface area (Å²) in [5, 5.41) is 0. The zero-order valence-electron chi connectivity index (χ0n) is 13.4. The molecule has 1 aromatic rings. The second-order valence-electron chi connectivity index (χ2n) is 5.33. The highest BCUT2D eigenvalue weighted by Gasteiger charge is 2.25. The van der Waals surface area contributed by atoms with Gasteiger partial charge in [0.1, 0.15) is 5.75 Å². The normalized spacial score (nSPS) is 15.4. The first kappa shape index (κ1) is 18.1. The van der Waals surface area contributed by atoms with E-state index in [0.717, 1.165) is 0 Å². The minimum absolute atomic E-state index is 0.120. The van der Waals surface area contributed by atoms with Crippen molar-refractivity contribution in [3.63, 3.8) is 0 Å². The number of piperazine rings is 1. The largest absolute Gasteiger partial charge is 0.469 e. The molecule has 24 heavy (non-hydrogen) atoms. The lowest BCUT2D eigenvalue weighted by Gasteiger charge is -2.34. The van der Waals surface area contributed by atoms with Crippen LogP contribution in [0.3, 0.4) is 0 Å². The lowest BCUT2D eigenvalue weighted by Crippen LogP contribution is -2.49. The highest BCUT2D eigenvalue weighted by Crippen LogP contribution is 2.22. The minimum atomic E-state index is -2.98. The molecule has 8 heteroatoms. The summed E-state index contributed by atoms with van der Waals surface area (Å²) in [6.45, 7) is -0.262. The lowest BCUT2D eigenvalue weighted by molar-refractivity contribution is -0.141. The summed E-state index contributed by atoms with van der Waals surface area (Å²) in [7, 11) is 1.35. The Bertz CT molecular complexity index is 575. The Labute approximate surface area is 138 Å². The summed E-state index contributed by atoms with van der Waals surface area (Å²) in [5.41, 5.74) is 0.126. The Morgan fingerprint density at radius 3 is 2.46 bits per heavy atom. The van der Waals surface area contributed by atoms with Crippen molar-refractivity contribution in [1.29, 1.82) is 0 Å². The number of carbonyl (C=O) groups is 2. The van der Waals surface area contributed by atoms with Crippen LogP contribution in [0.2, 0.25) is 0 Å². The van der Waals surface area contributed by atoms with Gasteiger partial charge in [-0.3, -0.25) is 14.5 Å². The van der Waals surface area contributed by atoms with Gasteiger partial charge in [0.15, 0.2) is 0 Å². The molecule has 1 fully saturated rings. The number of nitrogens with zero attached hydrogens (tertiary/aromatic N) is 2. The third-order valence-corrected chi connectivity index (χ3v) is 3.85. The number of halogens is 2. The third kappa shape index (κ3) is 4.89. The van der Waals surface area contributed by atoms with Crippen molar-refractivity contribution in [2.24, 2.45) is 0 Å². The van der Waals surface area contributed by atoms with E-state index in [9.17, 15) is 18.4 Å². The SMILES string of the molecule is COC(=O)CCN1CCN(C(=O)c2ccccc2OC(F)F)CC1. The molecule has 1 heterocycles. The molecule has 1 saturated heterocycles. The van der Waals surface area contributed by atoms with Gasteiger partial charge in [0.05, 0.1) is 19.1 Å². The summed E-state index contributed by atoms with van der Waals surface area (Å²) in [6, 6.07) is 5.98. The number of rotatable bonds is 6. The van der Waals surface area contributed by atoms with Gasteiger partial charge in [0.25, 0.3) is 5.91 Å². The maximum absolute atomic E-state index is 12.5. The molecule has 2 rings (SSSR count). The second-order valence-corrected chi connectivity index (χ2v) is 5.33. The molecule has 0 aliphatic carbocycles. The number of hydrogen-bond acceptors (Lipinski definition) is 5. The Kier molecular flexibility index (Phi) is 6.48. The number of amides is 1. The van der Waals surface area contributed by atoms with Crippen molar-refractivity contribution < 1.29 is 27.8 Å². The molecule has 0 radical (unpaired) electrons. The van der Waals surface area contributed by atoms with Crippen LogP contribution in [0.25, 0.3) is 0 Å².